The summed E-state index contributed by atoms with van der Waals surface area (Å²) in [6, 6.07) is 15.8. The molecule has 0 fully saturated rings. The minimum atomic E-state index is -0.104. The lowest BCUT2D eigenvalue weighted by atomic mass is 10.0. The molecule has 136 valence electrons. The molecule has 2 heterocycles. The summed E-state index contributed by atoms with van der Waals surface area (Å²) in [6.07, 6.45) is 0.514. The van der Waals surface area contributed by atoms with Gasteiger partial charge < -0.3 is 9.72 Å². The van der Waals surface area contributed by atoms with Gasteiger partial charge in [0.05, 0.1) is 12.5 Å². The number of hydrogen-bond donors (Lipinski definition) is 1. The van der Waals surface area contributed by atoms with E-state index in [9.17, 15) is 4.79 Å². The van der Waals surface area contributed by atoms with Gasteiger partial charge in [0, 0.05) is 26.9 Å². The van der Waals surface area contributed by atoms with E-state index in [2.05, 4.69) is 20.9 Å². The third-order valence-corrected chi connectivity index (χ3v) is 6.00. The first-order valence-electron chi connectivity index (χ1n) is 8.47. The predicted molar refractivity (Wildman–Crippen MR) is 114 cm³/mol. The third-order valence-electron chi connectivity index (χ3n) is 4.47. The SMILES string of the molecule is COc1ccccc1Cc1nc2sc(C)c(-c3ccc(Br)cc3)c2c(=O)[nH]1. The predicted octanol–water partition coefficient (Wildman–Crippen LogP) is 5.32. The molecule has 0 radical (unpaired) electrons. The van der Waals surface area contributed by atoms with Crippen LogP contribution >= 0.6 is 27.3 Å². The number of nitrogens with zero attached hydrogens (tertiary/aromatic N) is 1. The lowest BCUT2D eigenvalue weighted by Crippen LogP contribution is -2.12. The van der Waals surface area contributed by atoms with Crippen molar-refractivity contribution in [2.75, 3.05) is 7.11 Å². The Morgan fingerprint density at radius 1 is 1.15 bits per heavy atom. The summed E-state index contributed by atoms with van der Waals surface area (Å²) in [7, 11) is 1.64. The zero-order valence-electron chi connectivity index (χ0n) is 14.9. The van der Waals surface area contributed by atoms with Crippen molar-refractivity contribution in [3.63, 3.8) is 0 Å². The largest absolute Gasteiger partial charge is 0.496 e. The van der Waals surface area contributed by atoms with Crippen LogP contribution in [0.25, 0.3) is 21.3 Å². The molecule has 0 aliphatic rings. The molecule has 0 aliphatic heterocycles. The van der Waals surface area contributed by atoms with Crippen molar-refractivity contribution in [1.29, 1.82) is 0 Å². The second-order valence-electron chi connectivity index (χ2n) is 6.22. The van der Waals surface area contributed by atoms with E-state index in [-0.39, 0.29) is 5.56 Å². The molecule has 27 heavy (non-hydrogen) atoms. The van der Waals surface area contributed by atoms with Crippen LogP contribution in [-0.2, 0) is 6.42 Å². The van der Waals surface area contributed by atoms with Crippen molar-refractivity contribution in [3.05, 3.63) is 79.6 Å². The molecule has 4 rings (SSSR count). The first-order chi connectivity index (χ1) is 13.1. The summed E-state index contributed by atoms with van der Waals surface area (Å²) in [5.41, 5.74) is 2.86. The standard InChI is InChI=1S/C21H17BrN2O2S/c1-12-18(13-7-9-15(22)10-8-13)19-20(25)23-17(24-21(19)27-12)11-14-5-3-4-6-16(14)26-2/h3-10H,11H2,1-2H3,(H,23,24,25). The number of para-hydroxylation sites is 1. The summed E-state index contributed by atoms with van der Waals surface area (Å²) in [5.74, 6) is 1.43. The van der Waals surface area contributed by atoms with Gasteiger partial charge in [-0.2, -0.15) is 0 Å². The number of aromatic amines is 1. The van der Waals surface area contributed by atoms with Crippen molar-refractivity contribution in [3.8, 4) is 16.9 Å². The van der Waals surface area contributed by atoms with E-state index in [4.69, 9.17) is 9.72 Å². The molecule has 2 aromatic carbocycles. The number of ether oxygens (including phenoxy) is 1. The lowest BCUT2D eigenvalue weighted by Gasteiger charge is -2.07. The highest BCUT2D eigenvalue weighted by Gasteiger charge is 2.17. The van der Waals surface area contributed by atoms with Gasteiger partial charge in [-0.05, 0) is 30.7 Å². The highest BCUT2D eigenvalue weighted by molar-refractivity contribution is 9.10. The molecular weight excluding hydrogens is 424 g/mol. The Hall–Kier alpha value is -2.44. The zero-order valence-corrected chi connectivity index (χ0v) is 17.3. The van der Waals surface area contributed by atoms with E-state index < -0.39 is 0 Å². The number of rotatable bonds is 4. The molecule has 6 heteroatoms. The molecule has 2 aromatic heterocycles. The number of hydrogen-bond acceptors (Lipinski definition) is 4. The number of nitrogens with one attached hydrogen (secondary N) is 1. The van der Waals surface area contributed by atoms with Crippen LogP contribution in [-0.4, -0.2) is 17.1 Å². The smallest absolute Gasteiger partial charge is 0.260 e. The Balaban J connectivity index is 1.82. The van der Waals surface area contributed by atoms with Crippen LogP contribution in [0.4, 0.5) is 0 Å². The molecule has 0 spiro atoms. The fourth-order valence-corrected chi connectivity index (χ4v) is 4.57. The average molecular weight is 441 g/mol. The zero-order chi connectivity index (χ0) is 19.0. The number of halogens is 1. The Bertz CT molecular complexity index is 1180. The van der Waals surface area contributed by atoms with Gasteiger partial charge in [0.15, 0.2) is 0 Å². The molecule has 4 aromatic rings. The van der Waals surface area contributed by atoms with Crippen molar-refractivity contribution in [2.45, 2.75) is 13.3 Å². The maximum atomic E-state index is 12.9. The summed E-state index contributed by atoms with van der Waals surface area (Å²) in [5, 5.41) is 0.656. The summed E-state index contributed by atoms with van der Waals surface area (Å²) < 4.78 is 6.41. The second-order valence-corrected chi connectivity index (χ2v) is 8.34. The van der Waals surface area contributed by atoms with Crippen LogP contribution in [0.15, 0.2) is 57.8 Å². The Labute approximate surface area is 169 Å². The summed E-state index contributed by atoms with van der Waals surface area (Å²) >= 11 is 5.01. The molecule has 1 N–H and O–H groups in total. The van der Waals surface area contributed by atoms with Crippen molar-refractivity contribution in [2.24, 2.45) is 0 Å². The van der Waals surface area contributed by atoms with Gasteiger partial charge in [-0.1, -0.05) is 46.3 Å². The Morgan fingerprint density at radius 3 is 2.63 bits per heavy atom. The molecule has 0 unspecified atom stereocenters. The first kappa shape index (κ1) is 17.9. The first-order valence-corrected chi connectivity index (χ1v) is 10.1. The van der Waals surface area contributed by atoms with Gasteiger partial charge in [-0.25, -0.2) is 4.98 Å². The number of aromatic nitrogens is 2. The molecule has 0 amide bonds. The normalized spacial score (nSPS) is 11.1. The van der Waals surface area contributed by atoms with Crippen LogP contribution in [0.5, 0.6) is 5.75 Å². The lowest BCUT2D eigenvalue weighted by molar-refractivity contribution is 0.410. The number of methoxy groups -OCH3 is 1. The number of fused-ring (bicyclic) bond motifs is 1. The quantitative estimate of drug-likeness (QED) is 0.466. The molecule has 0 saturated carbocycles. The Morgan fingerprint density at radius 2 is 1.89 bits per heavy atom. The topological polar surface area (TPSA) is 55.0 Å². The summed E-state index contributed by atoms with van der Waals surface area (Å²) in [6.45, 7) is 2.03. The van der Waals surface area contributed by atoms with Gasteiger partial charge in [-0.3, -0.25) is 4.79 Å². The van der Waals surface area contributed by atoms with Crippen LogP contribution in [0.1, 0.15) is 16.3 Å². The average Bonchev–Trinajstić information content (AvgIpc) is 2.99. The fraction of sp³-hybridized carbons (Fsp3) is 0.143. The van der Waals surface area contributed by atoms with Crippen LogP contribution in [0.3, 0.4) is 0 Å². The second kappa shape index (κ2) is 7.29. The van der Waals surface area contributed by atoms with Crippen molar-refractivity contribution in [1.82, 2.24) is 9.97 Å². The van der Waals surface area contributed by atoms with Gasteiger partial charge in [0.2, 0.25) is 0 Å². The highest BCUT2D eigenvalue weighted by atomic mass is 79.9. The molecule has 0 saturated heterocycles. The fourth-order valence-electron chi connectivity index (χ4n) is 3.24. The van der Waals surface area contributed by atoms with E-state index in [0.29, 0.717) is 17.6 Å². The summed E-state index contributed by atoms with van der Waals surface area (Å²) in [4.78, 5) is 22.4. The maximum absolute atomic E-state index is 12.9. The minimum absolute atomic E-state index is 0.104. The van der Waals surface area contributed by atoms with Crippen LogP contribution < -0.4 is 10.3 Å². The Kier molecular flexibility index (Phi) is 4.85. The van der Waals surface area contributed by atoms with Crippen LogP contribution in [0.2, 0.25) is 0 Å². The van der Waals surface area contributed by atoms with Crippen molar-refractivity contribution < 1.29 is 4.74 Å². The van der Waals surface area contributed by atoms with Gasteiger partial charge in [0.1, 0.15) is 16.4 Å². The number of thiophene rings is 1. The van der Waals surface area contributed by atoms with Gasteiger partial charge >= 0.3 is 0 Å². The van der Waals surface area contributed by atoms with E-state index in [1.165, 1.54) is 0 Å². The molecule has 0 aliphatic carbocycles. The van der Waals surface area contributed by atoms with E-state index in [1.807, 2.05) is 55.5 Å². The minimum Gasteiger partial charge on any atom is -0.496 e. The number of benzene rings is 2. The molecule has 4 nitrogen and oxygen atoms in total. The highest BCUT2D eigenvalue weighted by Crippen LogP contribution is 2.36. The van der Waals surface area contributed by atoms with E-state index >= 15 is 0 Å². The number of H-pyrrole nitrogens is 1. The molecule has 0 atom stereocenters. The van der Waals surface area contributed by atoms with Crippen LogP contribution in [0, 0.1) is 6.92 Å². The van der Waals surface area contributed by atoms with Crippen molar-refractivity contribution >= 4 is 37.5 Å². The third kappa shape index (κ3) is 3.42. The van der Waals surface area contributed by atoms with Gasteiger partial charge in [-0.15, -0.1) is 11.3 Å². The molecule has 0 bridgehead atoms. The molecular formula is C21H17BrN2O2S. The van der Waals surface area contributed by atoms with Gasteiger partial charge in [0.25, 0.3) is 5.56 Å². The monoisotopic (exact) mass is 440 g/mol. The maximum Gasteiger partial charge on any atom is 0.260 e. The van der Waals surface area contributed by atoms with E-state index in [1.54, 1.807) is 18.4 Å². The number of aryl methyl sites for hydroxylation is 1. The van der Waals surface area contributed by atoms with E-state index in [0.717, 1.165) is 36.6 Å².